The van der Waals surface area contributed by atoms with E-state index in [0.717, 1.165) is 45.5 Å². The number of hydrogen-bond acceptors (Lipinski definition) is 5. The van der Waals surface area contributed by atoms with Gasteiger partial charge in [0.2, 0.25) is 5.28 Å². The summed E-state index contributed by atoms with van der Waals surface area (Å²) in [6, 6.07) is 0. The minimum atomic E-state index is -4.48. The highest BCUT2D eigenvalue weighted by atomic mass is 35.5. The maximum absolute atomic E-state index is 13.1. The lowest BCUT2D eigenvalue weighted by molar-refractivity contribution is -0.137. The Labute approximate surface area is 137 Å². The van der Waals surface area contributed by atoms with Crippen LogP contribution in [0.3, 0.4) is 0 Å². The van der Waals surface area contributed by atoms with Crippen LogP contribution in [0.1, 0.15) is 12.0 Å². The fourth-order valence-electron chi connectivity index (χ4n) is 3.12. The predicted molar refractivity (Wildman–Crippen MR) is 79.6 cm³/mol. The van der Waals surface area contributed by atoms with Gasteiger partial charge in [0, 0.05) is 38.9 Å². The number of nitrogens with zero attached hydrogens (tertiary/aromatic N) is 4. The molecular weight excluding hydrogens is 333 g/mol. The Morgan fingerprint density at radius 1 is 1.26 bits per heavy atom. The van der Waals surface area contributed by atoms with Crippen LogP contribution < -0.4 is 4.90 Å². The molecule has 1 aromatic rings. The van der Waals surface area contributed by atoms with Gasteiger partial charge in [-0.15, -0.1) is 0 Å². The van der Waals surface area contributed by atoms with Gasteiger partial charge in [-0.25, -0.2) is 4.98 Å². The van der Waals surface area contributed by atoms with Crippen molar-refractivity contribution < 1.29 is 17.9 Å². The molecule has 2 aliphatic heterocycles. The molecule has 128 valence electrons. The summed E-state index contributed by atoms with van der Waals surface area (Å²) in [5.41, 5.74) is -0.825. The second-order valence-electron chi connectivity index (χ2n) is 5.89. The van der Waals surface area contributed by atoms with Crippen LogP contribution in [0.25, 0.3) is 0 Å². The van der Waals surface area contributed by atoms with Crippen molar-refractivity contribution in [1.82, 2.24) is 14.9 Å². The molecule has 2 saturated heterocycles. The third-order valence-corrected chi connectivity index (χ3v) is 4.43. The van der Waals surface area contributed by atoms with Gasteiger partial charge in [-0.3, -0.25) is 4.90 Å². The van der Waals surface area contributed by atoms with Crippen LogP contribution in [-0.2, 0) is 10.9 Å². The fraction of sp³-hybridized carbons (Fsp3) is 0.714. The summed E-state index contributed by atoms with van der Waals surface area (Å²) in [6.45, 7) is 5.17. The van der Waals surface area contributed by atoms with Crippen LogP contribution in [-0.4, -0.2) is 60.8 Å². The standard InChI is InChI=1S/C14H18ClF3N4O/c15-13-19-7-11(14(16,17)18)12(20-13)22-2-1-10(9-22)8-21-3-5-23-6-4-21/h7,10H,1-6,8-9H2. The first kappa shape index (κ1) is 16.7. The molecular formula is C14H18ClF3N4O. The zero-order chi connectivity index (χ0) is 16.4. The average Bonchev–Trinajstić information content (AvgIpc) is 2.95. The van der Waals surface area contributed by atoms with E-state index in [1.54, 1.807) is 4.90 Å². The number of aromatic nitrogens is 2. The number of alkyl halides is 3. The van der Waals surface area contributed by atoms with Crippen molar-refractivity contribution in [2.75, 3.05) is 50.8 Å². The molecule has 2 fully saturated rings. The minimum Gasteiger partial charge on any atom is -0.379 e. The Kier molecular flexibility index (Phi) is 4.93. The van der Waals surface area contributed by atoms with Crippen molar-refractivity contribution in [2.24, 2.45) is 5.92 Å². The summed E-state index contributed by atoms with van der Waals surface area (Å²) in [5.74, 6) is 0.213. The largest absolute Gasteiger partial charge is 0.421 e. The van der Waals surface area contributed by atoms with Crippen molar-refractivity contribution in [2.45, 2.75) is 12.6 Å². The van der Waals surface area contributed by atoms with Gasteiger partial charge in [0.25, 0.3) is 0 Å². The lowest BCUT2D eigenvalue weighted by Crippen LogP contribution is -2.40. The maximum atomic E-state index is 13.1. The molecule has 2 aliphatic rings. The van der Waals surface area contributed by atoms with Crippen molar-refractivity contribution in [1.29, 1.82) is 0 Å². The molecule has 9 heteroatoms. The molecule has 3 rings (SSSR count). The van der Waals surface area contributed by atoms with E-state index in [9.17, 15) is 13.2 Å². The van der Waals surface area contributed by atoms with E-state index in [-0.39, 0.29) is 11.1 Å². The van der Waals surface area contributed by atoms with Crippen LogP contribution in [0.5, 0.6) is 0 Å². The van der Waals surface area contributed by atoms with Crippen molar-refractivity contribution in [3.8, 4) is 0 Å². The van der Waals surface area contributed by atoms with Gasteiger partial charge in [-0.05, 0) is 23.9 Å². The van der Waals surface area contributed by atoms with E-state index in [4.69, 9.17) is 16.3 Å². The van der Waals surface area contributed by atoms with Crippen LogP contribution in [0.15, 0.2) is 6.20 Å². The number of rotatable bonds is 3. The zero-order valence-corrected chi connectivity index (χ0v) is 13.3. The Morgan fingerprint density at radius 2 is 2.00 bits per heavy atom. The van der Waals surface area contributed by atoms with Gasteiger partial charge in [-0.2, -0.15) is 18.2 Å². The lowest BCUT2D eigenvalue weighted by atomic mass is 10.1. The first-order valence-corrected chi connectivity index (χ1v) is 7.96. The van der Waals surface area contributed by atoms with Gasteiger partial charge >= 0.3 is 6.18 Å². The maximum Gasteiger partial charge on any atom is 0.421 e. The molecule has 0 aliphatic carbocycles. The van der Waals surface area contributed by atoms with Gasteiger partial charge in [0.15, 0.2) is 0 Å². The van der Waals surface area contributed by atoms with Gasteiger partial charge in [0.05, 0.1) is 13.2 Å². The minimum absolute atomic E-state index is 0.109. The summed E-state index contributed by atoms with van der Waals surface area (Å²) < 4.78 is 44.7. The summed E-state index contributed by atoms with van der Waals surface area (Å²) in [4.78, 5) is 11.3. The SMILES string of the molecule is FC(F)(F)c1cnc(Cl)nc1N1CCC(CN2CCOCC2)C1. The van der Waals surface area contributed by atoms with Crippen LogP contribution in [0, 0.1) is 5.92 Å². The molecule has 1 aromatic heterocycles. The average molecular weight is 351 g/mol. The van der Waals surface area contributed by atoms with Crippen molar-refractivity contribution >= 4 is 17.4 Å². The molecule has 3 heterocycles. The van der Waals surface area contributed by atoms with Crippen molar-refractivity contribution in [3.63, 3.8) is 0 Å². The van der Waals surface area contributed by atoms with Crippen LogP contribution >= 0.6 is 11.6 Å². The molecule has 0 aromatic carbocycles. The summed E-state index contributed by atoms with van der Waals surface area (Å²) >= 11 is 5.70. The normalized spacial score (nSPS) is 23.5. The highest BCUT2D eigenvalue weighted by Gasteiger charge is 2.38. The quantitative estimate of drug-likeness (QED) is 0.782. The molecule has 5 nitrogen and oxygen atoms in total. The Balaban J connectivity index is 1.70. The molecule has 0 N–H and O–H groups in total. The summed E-state index contributed by atoms with van der Waals surface area (Å²) in [7, 11) is 0. The molecule has 1 unspecified atom stereocenters. The topological polar surface area (TPSA) is 41.5 Å². The second kappa shape index (κ2) is 6.78. The summed E-state index contributed by atoms with van der Waals surface area (Å²) in [6.07, 6.45) is -2.88. The van der Waals surface area contributed by atoms with Gasteiger partial charge < -0.3 is 9.64 Å². The molecule has 0 bridgehead atoms. The Morgan fingerprint density at radius 3 is 2.70 bits per heavy atom. The number of morpholine rings is 1. The highest BCUT2D eigenvalue weighted by Crippen LogP contribution is 2.37. The van der Waals surface area contributed by atoms with E-state index in [0.29, 0.717) is 19.0 Å². The molecule has 0 radical (unpaired) electrons. The summed E-state index contributed by atoms with van der Waals surface area (Å²) in [5, 5.41) is -0.162. The van der Waals surface area contributed by atoms with Gasteiger partial charge in [0.1, 0.15) is 11.4 Å². The van der Waals surface area contributed by atoms with E-state index >= 15 is 0 Å². The third kappa shape index (κ3) is 4.05. The monoisotopic (exact) mass is 350 g/mol. The number of hydrogen-bond donors (Lipinski definition) is 0. The van der Waals surface area contributed by atoms with E-state index in [1.165, 1.54) is 0 Å². The zero-order valence-electron chi connectivity index (χ0n) is 12.5. The number of anilines is 1. The molecule has 0 spiro atoms. The fourth-order valence-corrected chi connectivity index (χ4v) is 3.24. The van der Waals surface area contributed by atoms with E-state index in [2.05, 4.69) is 14.9 Å². The van der Waals surface area contributed by atoms with Gasteiger partial charge in [-0.1, -0.05) is 0 Å². The lowest BCUT2D eigenvalue weighted by Gasteiger charge is -2.29. The predicted octanol–water partition coefficient (Wildman–Crippen LogP) is 2.31. The Hall–Kier alpha value is -1.12. The smallest absolute Gasteiger partial charge is 0.379 e. The van der Waals surface area contributed by atoms with Crippen molar-refractivity contribution in [3.05, 3.63) is 17.0 Å². The highest BCUT2D eigenvalue weighted by molar-refractivity contribution is 6.28. The molecule has 1 atom stereocenters. The first-order valence-electron chi connectivity index (χ1n) is 7.58. The van der Waals surface area contributed by atoms with E-state index < -0.39 is 11.7 Å². The first-order chi connectivity index (χ1) is 10.9. The van der Waals surface area contributed by atoms with Crippen LogP contribution in [0.4, 0.5) is 19.0 Å². The second-order valence-corrected chi connectivity index (χ2v) is 6.23. The van der Waals surface area contributed by atoms with E-state index in [1.807, 2.05) is 0 Å². The molecule has 0 amide bonds. The molecule has 0 saturated carbocycles. The number of ether oxygens (including phenoxy) is 1. The Bertz CT molecular complexity index is 551. The third-order valence-electron chi connectivity index (χ3n) is 4.25. The molecule has 23 heavy (non-hydrogen) atoms. The van der Waals surface area contributed by atoms with Crippen LogP contribution in [0.2, 0.25) is 5.28 Å². The number of halogens is 4.